The lowest BCUT2D eigenvalue weighted by Gasteiger charge is -2.00. The van der Waals surface area contributed by atoms with Crippen LogP contribution in [0.4, 0.5) is 0 Å². The quantitative estimate of drug-likeness (QED) is 0.660. The topological polar surface area (TPSA) is 70.9 Å². The minimum Gasteiger partial charge on any atom is -0.508 e. The number of benzene rings is 2. The van der Waals surface area contributed by atoms with E-state index in [1.54, 1.807) is 7.11 Å². The third-order valence-electron chi connectivity index (χ3n) is 2.63. The number of phenolic OH excluding ortho intramolecular Hbond substituents is 1. The SMILES string of the molecule is COc1ccc(/C=N/NC(=O)c2ccc(O)cc2)cc1. The molecule has 0 aliphatic carbocycles. The second kappa shape index (κ2) is 6.38. The second-order valence-corrected chi connectivity index (χ2v) is 4.02. The first-order valence-electron chi connectivity index (χ1n) is 5.95. The van der Waals surface area contributed by atoms with Gasteiger partial charge in [0, 0.05) is 5.56 Å². The molecule has 2 aromatic carbocycles. The van der Waals surface area contributed by atoms with E-state index in [1.165, 1.54) is 30.5 Å². The van der Waals surface area contributed by atoms with Gasteiger partial charge in [0.15, 0.2) is 0 Å². The van der Waals surface area contributed by atoms with Crippen LogP contribution in [-0.4, -0.2) is 24.3 Å². The summed E-state index contributed by atoms with van der Waals surface area (Å²) in [6.07, 6.45) is 1.54. The highest BCUT2D eigenvalue weighted by molar-refractivity contribution is 5.94. The van der Waals surface area contributed by atoms with Crippen molar-refractivity contribution in [1.82, 2.24) is 5.43 Å². The molecule has 0 heterocycles. The Morgan fingerprint density at radius 1 is 1.15 bits per heavy atom. The average molecular weight is 270 g/mol. The monoisotopic (exact) mass is 270 g/mol. The summed E-state index contributed by atoms with van der Waals surface area (Å²) in [6.45, 7) is 0. The summed E-state index contributed by atoms with van der Waals surface area (Å²) in [5.41, 5.74) is 3.68. The molecule has 0 saturated heterocycles. The number of phenols is 1. The summed E-state index contributed by atoms with van der Waals surface area (Å²) in [4.78, 5) is 11.7. The van der Waals surface area contributed by atoms with Gasteiger partial charge in [-0.1, -0.05) is 0 Å². The van der Waals surface area contributed by atoms with Crippen molar-refractivity contribution in [3.63, 3.8) is 0 Å². The normalized spacial score (nSPS) is 10.4. The van der Waals surface area contributed by atoms with Crippen molar-refractivity contribution in [1.29, 1.82) is 0 Å². The van der Waals surface area contributed by atoms with Crippen molar-refractivity contribution in [2.45, 2.75) is 0 Å². The molecule has 2 N–H and O–H groups in total. The number of ether oxygens (including phenoxy) is 1. The summed E-state index contributed by atoms with van der Waals surface area (Å²) >= 11 is 0. The summed E-state index contributed by atoms with van der Waals surface area (Å²) in [5.74, 6) is 0.535. The van der Waals surface area contributed by atoms with Gasteiger partial charge in [-0.05, 0) is 54.1 Å². The van der Waals surface area contributed by atoms with Crippen LogP contribution in [0.25, 0.3) is 0 Å². The molecule has 0 aliphatic rings. The Balaban J connectivity index is 1.95. The van der Waals surface area contributed by atoms with Gasteiger partial charge in [-0.25, -0.2) is 5.43 Å². The smallest absolute Gasteiger partial charge is 0.271 e. The first-order valence-corrected chi connectivity index (χ1v) is 5.95. The first kappa shape index (κ1) is 13.6. The summed E-state index contributed by atoms with van der Waals surface area (Å²) < 4.78 is 5.04. The van der Waals surface area contributed by atoms with Gasteiger partial charge in [0.05, 0.1) is 13.3 Å². The van der Waals surface area contributed by atoms with Crippen LogP contribution in [0.5, 0.6) is 11.5 Å². The number of amides is 1. The lowest BCUT2D eigenvalue weighted by molar-refractivity contribution is 0.0955. The van der Waals surface area contributed by atoms with Crippen molar-refractivity contribution < 1.29 is 14.6 Å². The van der Waals surface area contributed by atoms with Crippen LogP contribution in [-0.2, 0) is 0 Å². The van der Waals surface area contributed by atoms with Gasteiger partial charge in [0.2, 0.25) is 0 Å². The fraction of sp³-hybridized carbons (Fsp3) is 0.0667. The number of carbonyl (C=O) groups is 1. The second-order valence-electron chi connectivity index (χ2n) is 4.02. The molecule has 0 saturated carbocycles. The number of hydrazone groups is 1. The van der Waals surface area contributed by atoms with E-state index in [0.717, 1.165) is 11.3 Å². The van der Waals surface area contributed by atoms with Crippen LogP contribution in [0.1, 0.15) is 15.9 Å². The third-order valence-corrected chi connectivity index (χ3v) is 2.63. The molecule has 1 amide bonds. The molecule has 0 radical (unpaired) electrons. The predicted octanol–water partition coefficient (Wildman–Crippen LogP) is 2.16. The summed E-state index contributed by atoms with van der Waals surface area (Å²) in [7, 11) is 1.60. The minimum atomic E-state index is -0.338. The number of hydrogen-bond donors (Lipinski definition) is 2. The largest absolute Gasteiger partial charge is 0.508 e. The molecular formula is C15H14N2O3. The number of nitrogens with zero attached hydrogens (tertiary/aromatic N) is 1. The number of carbonyl (C=O) groups excluding carboxylic acids is 1. The Morgan fingerprint density at radius 3 is 2.40 bits per heavy atom. The Morgan fingerprint density at radius 2 is 1.80 bits per heavy atom. The molecule has 5 nitrogen and oxygen atoms in total. The Bertz CT molecular complexity index is 604. The fourth-order valence-corrected chi connectivity index (χ4v) is 1.53. The molecule has 0 aromatic heterocycles. The van der Waals surface area contributed by atoms with Gasteiger partial charge >= 0.3 is 0 Å². The fourth-order valence-electron chi connectivity index (χ4n) is 1.53. The number of hydrogen-bond acceptors (Lipinski definition) is 4. The molecule has 0 spiro atoms. The highest BCUT2D eigenvalue weighted by atomic mass is 16.5. The number of aromatic hydroxyl groups is 1. The van der Waals surface area contributed by atoms with E-state index in [9.17, 15) is 4.79 Å². The van der Waals surface area contributed by atoms with E-state index >= 15 is 0 Å². The van der Waals surface area contributed by atoms with Gasteiger partial charge in [0.1, 0.15) is 11.5 Å². The molecule has 0 fully saturated rings. The molecule has 102 valence electrons. The maximum atomic E-state index is 11.7. The highest BCUT2D eigenvalue weighted by Crippen LogP contribution is 2.10. The van der Waals surface area contributed by atoms with Gasteiger partial charge < -0.3 is 9.84 Å². The highest BCUT2D eigenvalue weighted by Gasteiger charge is 2.03. The molecule has 2 rings (SSSR count). The zero-order valence-corrected chi connectivity index (χ0v) is 10.9. The molecule has 5 heteroatoms. The first-order chi connectivity index (χ1) is 9.69. The van der Waals surface area contributed by atoms with Crippen LogP contribution in [0.2, 0.25) is 0 Å². The van der Waals surface area contributed by atoms with Crippen molar-refractivity contribution in [3.05, 3.63) is 59.7 Å². The van der Waals surface area contributed by atoms with Crippen molar-refractivity contribution in [3.8, 4) is 11.5 Å². The Kier molecular flexibility index (Phi) is 4.34. The van der Waals surface area contributed by atoms with Gasteiger partial charge in [-0.3, -0.25) is 4.79 Å². The summed E-state index contributed by atoms with van der Waals surface area (Å²) in [5, 5.41) is 13.0. The molecule has 0 bridgehead atoms. The van der Waals surface area contributed by atoms with Crippen molar-refractivity contribution >= 4 is 12.1 Å². The lowest BCUT2D eigenvalue weighted by Crippen LogP contribution is -2.17. The number of nitrogens with one attached hydrogen (secondary N) is 1. The molecule has 20 heavy (non-hydrogen) atoms. The molecular weight excluding hydrogens is 256 g/mol. The Hall–Kier alpha value is -2.82. The van der Waals surface area contributed by atoms with Gasteiger partial charge in [-0.15, -0.1) is 0 Å². The van der Waals surface area contributed by atoms with Crippen LogP contribution >= 0.6 is 0 Å². The standard InChI is InChI=1S/C15H14N2O3/c1-20-14-8-2-11(3-9-14)10-16-17-15(19)12-4-6-13(18)7-5-12/h2-10,18H,1H3,(H,17,19)/b16-10+. The maximum absolute atomic E-state index is 11.7. The van der Waals surface area contributed by atoms with Crippen molar-refractivity contribution in [2.75, 3.05) is 7.11 Å². The minimum absolute atomic E-state index is 0.114. The van der Waals surface area contributed by atoms with E-state index < -0.39 is 0 Å². The summed E-state index contributed by atoms with van der Waals surface area (Å²) in [6, 6.07) is 13.2. The van der Waals surface area contributed by atoms with E-state index in [2.05, 4.69) is 10.5 Å². The Labute approximate surface area is 116 Å². The van der Waals surface area contributed by atoms with E-state index in [0.29, 0.717) is 5.56 Å². The van der Waals surface area contributed by atoms with Gasteiger partial charge in [0.25, 0.3) is 5.91 Å². The van der Waals surface area contributed by atoms with E-state index in [1.807, 2.05) is 24.3 Å². The van der Waals surface area contributed by atoms with Crippen LogP contribution in [0, 0.1) is 0 Å². The lowest BCUT2D eigenvalue weighted by atomic mass is 10.2. The third kappa shape index (κ3) is 3.58. The van der Waals surface area contributed by atoms with Crippen LogP contribution < -0.4 is 10.2 Å². The average Bonchev–Trinajstić information content (AvgIpc) is 2.48. The van der Waals surface area contributed by atoms with Crippen molar-refractivity contribution in [2.24, 2.45) is 5.10 Å². The zero-order valence-electron chi connectivity index (χ0n) is 10.9. The van der Waals surface area contributed by atoms with Gasteiger partial charge in [-0.2, -0.15) is 5.10 Å². The number of rotatable bonds is 4. The van der Waals surface area contributed by atoms with Crippen LogP contribution in [0.3, 0.4) is 0 Å². The zero-order chi connectivity index (χ0) is 14.4. The van der Waals surface area contributed by atoms with E-state index in [-0.39, 0.29) is 11.7 Å². The maximum Gasteiger partial charge on any atom is 0.271 e. The number of methoxy groups -OCH3 is 1. The van der Waals surface area contributed by atoms with E-state index in [4.69, 9.17) is 9.84 Å². The predicted molar refractivity (Wildman–Crippen MR) is 76.2 cm³/mol. The molecule has 2 aromatic rings. The molecule has 0 unspecified atom stereocenters. The van der Waals surface area contributed by atoms with Crippen LogP contribution in [0.15, 0.2) is 53.6 Å². The molecule has 0 aliphatic heterocycles. The molecule has 0 atom stereocenters.